The van der Waals surface area contributed by atoms with Crippen LogP contribution in [0, 0.1) is 0 Å². The molecule has 1 aromatic heterocycles. The van der Waals surface area contributed by atoms with E-state index in [1.807, 2.05) is 0 Å². The Balaban J connectivity index is 3.48. The molecule has 0 fully saturated rings. The maximum absolute atomic E-state index is 11.3. The fraction of sp³-hybridized carbons (Fsp3) is 0.286. The molecule has 7 nitrogen and oxygen atoms in total. The van der Waals surface area contributed by atoms with Crippen LogP contribution in [0.2, 0.25) is 0 Å². The summed E-state index contributed by atoms with van der Waals surface area (Å²) in [6.45, 7) is -0.462. The lowest BCUT2D eigenvalue weighted by Crippen LogP contribution is -2.42. The maximum atomic E-state index is 11.3. The minimum Gasteiger partial charge on any atom is -0.393 e. The first-order valence-corrected chi connectivity index (χ1v) is 3.77. The van der Waals surface area contributed by atoms with Crippen LogP contribution in [0.3, 0.4) is 0 Å². The summed E-state index contributed by atoms with van der Waals surface area (Å²) >= 11 is 0. The number of nitrogens with two attached hydrogens (primary N) is 2. The van der Waals surface area contributed by atoms with Crippen molar-refractivity contribution >= 4 is 11.6 Å². The quantitative estimate of drug-likeness (QED) is 0.552. The van der Waals surface area contributed by atoms with Crippen molar-refractivity contribution in [3.05, 3.63) is 27.0 Å². The molecule has 0 aromatic carbocycles. The first-order valence-electron chi connectivity index (χ1n) is 3.77. The Labute approximate surface area is 78.5 Å². The van der Waals surface area contributed by atoms with Gasteiger partial charge in [0, 0.05) is 13.2 Å². The molecule has 4 N–H and O–H groups in total. The second kappa shape index (κ2) is 3.36. The standard InChI is InChI=1S/C7H10N4O3/c1-10-2-4(8)6(13)11(7(10)14)3-5(9)12/h2H,3,8H2,1H3,(H2,9,12). The summed E-state index contributed by atoms with van der Waals surface area (Å²) in [5.41, 5.74) is 8.77. The third-order valence-electron chi connectivity index (χ3n) is 1.67. The van der Waals surface area contributed by atoms with Crippen molar-refractivity contribution in [1.82, 2.24) is 9.13 Å². The molecule has 1 aromatic rings. The van der Waals surface area contributed by atoms with E-state index in [2.05, 4.69) is 0 Å². The van der Waals surface area contributed by atoms with Crippen LogP contribution in [0.5, 0.6) is 0 Å². The van der Waals surface area contributed by atoms with Crippen LogP contribution in [-0.2, 0) is 18.4 Å². The molecular weight excluding hydrogens is 188 g/mol. The molecule has 0 bridgehead atoms. The first kappa shape index (κ1) is 10.0. The summed E-state index contributed by atoms with van der Waals surface area (Å²) in [6.07, 6.45) is 1.20. The average molecular weight is 198 g/mol. The predicted octanol–water partition coefficient (Wildman–Crippen LogP) is -2.39. The molecule has 14 heavy (non-hydrogen) atoms. The second-order valence-corrected chi connectivity index (χ2v) is 2.84. The van der Waals surface area contributed by atoms with Crippen LogP contribution in [-0.4, -0.2) is 15.0 Å². The zero-order chi connectivity index (χ0) is 10.9. The van der Waals surface area contributed by atoms with Crippen LogP contribution in [0.25, 0.3) is 0 Å². The summed E-state index contributed by atoms with van der Waals surface area (Å²) in [4.78, 5) is 33.2. The van der Waals surface area contributed by atoms with E-state index in [4.69, 9.17) is 11.5 Å². The van der Waals surface area contributed by atoms with E-state index in [1.54, 1.807) is 0 Å². The normalized spacial score (nSPS) is 10.1. The van der Waals surface area contributed by atoms with Gasteiger partial charge in [0.15, 0.2) is 0 Å². The maximum Gasteiger partial charge on any atom is 0.331 e. The van der Waals surface area contributed by atoms with E-state index >= 15 is 0 Å². The lowest BCUT2D eigenvalue weighted by atomic mass is 10.5. The number of aryl methyl sites for hydroxylation is 1. The Morgan fingerprint density at radius 2 is 2.07 bits per heavy atom. The van der Waals surface area contributed by atoms with Gasteiger partial charge >= 0.3 is 5.69 Å². The molecule has 1 amide bonds. The molecule has 0 spiro atoms. The number of aromatic nitrogens is 2. The SMILES string of the molecule is Cn1cc(N)c(=O)n(CC(N)=O)c1=O. The van der Waals surface area contributed by atoms with E-state index in [1.165, 1.54) is 13.2 Å². The summed E-state index contributed by atoms with van der Waals surface area (Å²) in [5, 5.41) is 0. The lowest BCUT2D eigenvalue weighted by molar-refractivity contribution is -0.118. The predicted molar refractivity (Wildman–Crippen MR) is 49.5 cm³/mol. The number of carbonyl (C=O) groups excluding carboxylic acids is 1. The number of amides is 1. The van der Waals surface area contributed by atoms with Crippen LogP contribution in [0.4, 0.5) is 5.69 Å². The molecule has 0 radical (unpaired) electrons. The first-order chi connectivity index (χ1) is 6.43. The van der Waals surface area contributed by atoms with Crippen LogP contribution in [0.15, 0.2) is 15.8 Å². The zero-order valence-corrected chi connectivity index (χ0v) is 7.56. The molecular formula is C7H10N4O3. The van der Waals surface area contributed by atoms with E-state index in [0.29, 0.717) is 4.57 Å². The zero-order valence-electron chi connectivity index (χ0n) is 7.56. The second-order valence-electron chi connectivity index (χ2n) is 2.84. The number of anilines is 1. The molecule has 0 aliphatic carbocycles. The highest BCUT2D eigenvalue weighted by atomic mass is 16.2. The summed E-state index contributed by atoms with van der Waals surface area (Å²) in [6, 6.07) is 0. The highest BCUT2D eigenvalue weighted by Gasteiger charge is 2.08. The van der Waals surface area contributed by atoms with E-state index in [0.717, 1.165) is 4.57 Å². The number of primary amides is 1. The van der Waals surface area contributed by atoms with Gasteiger partial charge in [0.05, 0.1) is 0 Å². The molecule has 0 aliphatic rings. The number of carbonyl (C=O) groups is 1. The van der Waals surface area contributed by atoms with Crippen molar-refractivity contribution in [2.24, 2.45) is 12.8 Å². The minimum absolute atomic E-state index is 0.103. The van der Waals surface area contributed by atoms with Crippen molar-refractivity contribution in [3.8, 4) is 0 Å². The molecule has 0 unspecified atom stereocenters. The fourth-order valence-corrected chi connectivity index (χ4v) is 1.05. The third kappa shape index (κ3) is 1.65. The highest BCUT2D eigenvalue weighted by Crippen LogP contribution is 1.86. The molecule has 1 rings (SSSR count). The number of hydrogen-bond acceptors (Lipinski definition) is 4. The van der Waals surface area contributed by atoms with Gasteiger partial charge in [-0.2, -0.15) is 0 Å². The van der Waals surface area contributed by atoms with Gasteiger partial charge in [-0.15, -0.1) is 0 Å². The largest absolute Gasteiger partial charge is 0.393 e. The number of nitrogens with zero attached hydrogens (tertiary/aromatic N) is 2. The summed E-state index contributed by atoms with van der Waals surface area (Å²) in [5.74, 6) is -0.769. The third-order valence-corrected chi connectivity index (χ3v) is 1.67. The topological polar surface area (TPSA) is 113 Å². The molecule has 1 heterocycles. The Kier molecular flexibility index (Phi) is 2.41. The van der Waals surface area contributed by atoms with Gasteiger partial charge < -0.3 is 16.0 Å². The van der Waals surface area contributed by atoms with Crippen molar-refractivity contribution < 1.29 is 4.79 Å². The Morgan fingerprint density at radius 1 is 1.50 bits per heavy atom. The number of hydrogen-bond donors (Lipinski definition) is 2. The van der Waals surface area contributed by atoms with Gasteiger partial charge in [0.2, 0.25) is 5.91 Å². The highest BCUT2D eigenvalue weighted by molar-refractivity contribution is 5.73. The van der Waals surface area contributed by atoms with Gasteiger partial charge in [-0.25, -0.2) is 9.36 Å². The average Bonchev–Trinajstić information content (AvgIpc) is 2.09. The van der Waals surface area contributed by atoms with Gasteiger partial charge in [-0.3, -0.25) is 9.59 Å². The molecule has 0 saturated heterocycles. The van der Waals surface area contributed by atoms with Crippen molar-refractivity contribution in [2.45, 2.75) is 6.54 Å². The van der Waals surface area contributed by atoms with Crippen molar-refractivity contribution in [2.75, 3.05) is 5.73 Å². The molecule has 76 valence electrons. The monoisotopic (exact) mass is 198 g/mol. The van der Waals surface area contributed by atoms with Gasteiger partial charge in [0.25, 0.3) is 5.56 Å². The van der Waals surface area contributed by atoms with Gasteiger partial charge in [-0.05, 0) is 0 Å². The lowest BCUT2D eigenvalue weighted by Gasteiger charge is -2.05. The summed E-state index contributed by atoms with van der Waals surface area (Å²) in [7, 11) is 1.43. The Bertz CT molecular complexity index is 450. The fourth-order valence-electron chi connectivity index (χ4n) is 1.05. The van der Waals surface area contributed by atoms with E-state index < -0.39 is 23.7 Å². The van der Waals surface area contributed by atoms with Crippen LogP contribution in [0.1, 0.15) is 0 Å². The van der Waals surface area contributed by atoms with E-state index in [9.17, 15) is 14.4 Å². The Hall–Kier alpha value is -2.05. The van der Waals surface area contributed by atoms with Crippen molar-refractivity contribution in [3.63, 3.8) is 0 Å². The smallest absolute Gasteiger partial charge is 0.331 e. The van der Waals surface area contributed by atoms with Crippen molar-refractivity contribution in [1.29, 1.82) is 0 Å². The van der Waals surface area contributed by atoms with E-state index in [-0.39, 0.29) is 5.69 Å². The van der Waals surface area contributed by atoms with Gasteiger partial charge in [-0.1, -0.05) is 0 Å². The molecule has 7 heteroatoms. The molecule has 0 saturated carbocycles. The Morgan fingerprint density at radius 3 is 2.57 bits per heavy atom. The van der Waals surface area contributed by atoms with Gasteiger partial charge in [0.1, 0.15) is 12.2 Å². The van der Waals surface area contributed by atoms with Crippen LogP contribution >= 0.6 is 0 Å². The number of rotatable bonds is 2. The molecule has 0 atom stereocenters. The number of nitrogen functional groups attached to an aromatic ring is 1. The summed E-state index contributed by atoms with van der Waals surface area (Å²) < 4.78 is 1.80. The van der Waals surface area contributed by atoms with Crippen LogP contribution < -0.4 is 22.7 Å². The minimum atomic E-state index is -0.769. The molecule has 0 aliphatic heterocycles.